The molecule has 4 nitrogen and oxygen atoms in total. The first-order valence-corrected chi connectivity index (χ1v) is 7.26. The number of ether oxygens (including phenoxy) is 1. The number of nitrogen functional groups attached to an aromatic ring is 1. The van der Waals surface area contributed by atoms with Crippen LogP contribution in [0.1, 0.15) is 18.1 Å². The van der Waals surface area contributed by atoms with Crippen molar-refractivity contribution in [3.05, 3.63) is 35.4 Å². The molecule has 1 aromatic heterocycles. The maximum absolute atomic E-state index is 5.82. The van der Waals surface area contributed by atoms with Crippen molar-refractivity contribution in [2.24, 2.45) is 0 Å². The number of hydrogen-bond acceptors (Lipinski definition) is 5. The molecule has 0 atom stereocenters. The summed E-state index contributed by atoms with van der Waals surface area (Å²) in [7, 11) is 0. The molecule has 0 spiro atoms. The SMILES string of the molecule is CCOc1c(N)nsc1NC1Cc2ccccc2C1. The first-order valence-electron chi connectivity index (χ1n) is 6.49. The molecule has 0 bridgehead atoms. The lowest BCUT2D eigenvalue weighted by molar-refractivity contribution is 0.344. The topological polar surface area (TPSA) is 60.2 Å². The van der Waals surface area contributed by atoms with E-state index in [4.69, 9.17) is 10.5 Å². The van der Waals surface area contributed by atoms with Gasteiger partial charge in [-0.3, -0.25) is 0 Å². The predicted octanol–water partition coefficient (Wildman–Crippen LogP) is 2.70. The summed E-state index contributed by atoms with van der Waals surface area (Å²) >= 11 is 1.37. The van der Waals surface area contributed by atoms with Gasteiger partial charge < -0.3 is 15.8 Å². The normalized spacial score (nSPS) is 14.4. The number of hydrogen-bond donors (Lipinski definition) is 2. The molecule has 0 saturated carbocycles. The quantitative estimate of drug-likeness (QED) is 0.900. The summed E-state index contributed by atoms with van der Waals surface area (Å²) in [6.45, 7) is 2.55. The maximum Gasteiger partial charge on any atom is 0.197 e. The van der Waals surface area contributed by atoms with Gasteiger partial charge in [-0.1, -0.05) is 24.3 Å². The van der Waals surface area contributed by atoms with Crippen LogP contribution in [0.25, 0.3) is 0 Å². The summed E-state index contributed by atoms with van der Waals surface area (Å²) in [5.41, 5.74) is 8.67. The standard InChI is InChI=1S/C14H17N3OS/c1-2-18-12-13(15)17-19-14(12)16-11-7-9-5-3-4-6-10(9)8-11/h3-6,11,16H,2,7-8H2,1H3,(H2,15,17). The average Bonchev–Trinajstić information content (AvgIpc) is 2.96. The zero-order valence-corrected chi connectivity index (χ0v) is 11.7. The maximum atomic E-state index is 5.82. The van der Waals surface area contributed by atoms with Crippen LogP contribution in [-0.4, -0.2) is 17.0 Å². The van der Waals surface area contributed by atoms with Crippen LogP contribution in [0.3, 0.4) is 0 Å². The Labute approximate surface area is 116 Å². The van der Waals surface area contributed by atoms with Crippen LogP contribution in [-0.2, 0) is 12.8 Å². The van der Waals surface area contributed by atoms with Crippen molar-refractivity contribution >= 4 is 22.4 Å². The van der Waals surface area contributed by atoms with E-state index in [1.807, 2.05) is 6.92 Å². The van der Waals surface area contributed by atoms with Crippen molar-refractivity contribution < 1.29 is 4.74 Å². The molecule has 100 valence electrons. The Hall–Kier alpha value is -1.75. The molecule has 1 aliphatic carbocycles. The van der Waals surface area contributed by atoms with Crippen LogP contribution in [0.15, 0.2) is 24.3 Å². The molecule has 3 rings (SSSR count). The van der Waals surface area contributed by atoms with Gasteiger partial charge in [-0.2, -0.15) is 4.37 Å². The van der Waals surface area contributed by atoms with Gasteiger partial charge in [0.25, 0.3) is 0 Å². The van der Waals surface area contributed by atoms with E-state index in [1.54, 1.807) is 0 Å². The van der Waals surface area contributed by atoms with Crippen LogP contribution in [0.2, 0.25) is 0 Å². The van der Waals surface area contributed by atoms with E-state index in [-0.39, 0.29) is 0 Å². The highest BCUT2D eigenvalue weighted by atomic mass is 32.1. The summed E-state index contributed by atoms with van der Waals surface area (Å²) in [6, 6.07) is 8.98. The van der Waals surface area contributed by atoms with E-state index in [9.17, 15) is 0 Å². The Morgan fingerprint density at radius 1 is 1.37 bits per heavy atom. The van der Waals surface area contributed by atoms with Gasteiger partial charge in [-0.05, 0) is 42.4 Å². The van der Waals surface area contributed by atoms with E-state index < -0.39 is 0 Å². The first-order chi connectivity index (χ1) is 9.28. The summed E-state index contributed by atoms with van der Waals surface area (Å²) in [5.74, 6) is 1.17. The summed E-state index contributed by atoms with van der Waals surface area (Å²) in [5, 5.41) is 4.45. The number of aromatic nitrogens is 1. The smallest absolute Gasteiger partial charge is 0.197 e. The number of nitrogens with one attached hydrogen (secondary N) is 1. The molecule has 1 aromatic carbocycles. The van der Waals surface area contributed by atoms with E-state index in [1.165, 1.54) is 22.7 Å². The Bertz CT molecular complexity index is 557. The number of anilines is 2. The third-order valence-corrected chi connectivity index (χ3v) is 4.12. The van der Waals surface area contributed by atoms with Gasteiger partial charge in [0.05, 0.1) is 6.61 Å². The lowest BCUT2D eigenvalue weighted by Crippen LogP contribution is -2.19. The third kappa shape index (κ3) is 2.38. The molecule has 0 radical (unpaired) electrons. The van der Waals surface area contributed by atoms with Gasteiger partial charge in [-0.15, -0.1) is 0 Å². The van der Waals surface area contributed by atoms with E-state index in [0.717, 1.165) is 17.8 Å². The second-order valence-electron chi connectivity index (χ2n) is 4.68. The molecule has 0 unspecified atom stereocenters. The minimum absolute atomic E-state index is 0.399. The summed E-state index contributed by atoms with van der Waals surface area (Å²) in [6.07, 6.45) is 2.08. The molecular formula is C14H17N3OS. The Balaban J connectivity index is 1.74. The molecule has 1 aliphatic rings. The van der Waals surface area contributed by atoms with Crippen molar-refractivity contribution in [3.8, 4) is 5.75 Å². The summed E-state index contributed by atoms with van der Waals surface area (Å²) < 4.78 is 9.71. The Morgan fingerprint density at radius 3 is 2.68 bits per heavy atom. The predicted molar refractivity (Wildman–Crippen MR) is 79.0 cm³/mol. The zero-order valence-electron chi connectivity index (χ0n) is 10.8. The van der Waals surface area contributed by atoms with Gasteiger partial charge in [0.15, 0.2) is 16.6 Å². The molecule has 1 heterocycles. The highest BCUT2D eigenvalue weighted by Crippen LogP contribution is 2.37. The molecule has 0 aliphatic heterocycles. The van der Waals surface area contributed by atoms with Gasteiger partial charge in [-0.25, -0.2) is 0 Å². The molecule has 0 amide bonds. The van der Waals surface area contributed by atoms with Crippen molar-refractivity contribution in [2.75, 3.05) is 17.7 Å². The largest absolute Gasteiger partial charge is 0.487 e. The average molecular weight is 275 g/mol. The fourth-order valence-corrected chi connectivity index (χ4v) is 3.25. The van der Waals surface area contributed by atoms with Gasteiger partial charge in [0, 0.05) is 6.04 Å². The Kier molecular flexibility index (Phi) is 3.29. The van der Waals surface area contributed by atoms with E-state index >= 15 is 0 Å². The second-order valence-corrected chi connectivity index (χ2v) is 5.45. The van der Waals surface area contributed by atoms with Crippen LogP contribution >= 0.6 is 11.5 Å². The van der Waals surface area contributed by atoms with Crippen molar-refractivity contribution in [2.45, 2.75) is 25.8 Å². The molecule has 3 N–H and O–H groups in total. The van der Waals surface area contributed by atoms with Crippen molar-refractivity contribution in [3.63, 3.8) is 0 Å². The van der Waals surface area contributed by atoms with Crippen LogP contribution < -0.4 is 15.8 Å². The summed E-state index contributed by atoms with van der Waals surface area (Å²) in [4.78, 5) is 0. The van der Waals surface area contributed by atoms with Gasteiger partial charge in [0.2, 0.25) is 0 Å². The second kappa shape index (κ2) is 5.09. The highest BCUT2D eigenvalue weighted by molar-refractivity contribution is 7.11. The molecule has 2 aromatic rings. The molecule has 0 fully saturated rings. The van der Waals surface area contributed by atoms with E-state index in [2.05, 4.69) is 34.0 Å². The molecule has 19 heavy (non-hydrogen) atoms. The molecule has 5 heteroatoms. The number of nitrogens with zero attached hydrogens (tertiary/aromatic N) is 1. The fourth-order valence-electron chi connectivity index (χ4n) is 2.52. The number of benzene rings is 1. The highest BCUT2D eigenvalue weighted by Gasteiger charge is 2.23. The van der Waals surface area contributed by atoms with Gasteiger partial charge >= 0.3 is 0 Å². The lowest BCUT2D eigenvalue weighted by atomic mass is 10.1. The number of fused-ring (bicyclic) bond motifs is 1. The van der Waals surface area contributed by atoms with Crippen molar-refractivity contribution in [1.82, 2.24) is 4.37 Å². The van der Waals surface area contributed by atoms with Crippen LogP contribution in [0.4, 0.5) is 10.8 Å². The monoisotopic (exact) mass is 275 g/mol. The molecule has 0 saturated heterocycles. The first kappa shape index (κ1) is 12.3. The number of rotatable bonds is 4. The molecular weight excluding hydrogens is 258 g/mol. The fraction of sp³-hybridized carbons (Fsp3) is 0.357. The van der Waals surface area contributed by atoms with Crippen LogP contribution in [0.5, 0.6) is 5.75 Å². The lowest BCUT2D eigenvalue weighted by Gasteiger charge is -2.13. The number of nitrogens with two attached hydrogens (primary N) is 1. The minimum Gasteiger partial charge on any atom is -0.487 e. The van der Waals surface area contributed by atoms with Gasteiger partial charge in [0.1, 0.15) is 0 Å². The zero-order chi connectivity index (χ0) is 13.2. The Morgan fingerprint density at radius 2 is 2.05 bits per heavy atom. The minimum atomic E-state index is 0.399. The van der Waals surface area contributed by atoms with Crippen LogP contribution in [0, 0.1) is 0 Å². The van der Waals surface area contributed by atoms with Crippen molar-refractivity contribution in [1.29, 1.82) is 0 Å². The van der Waals surface area contributed by atoms with E-state index in [0.29, 0.717) is 24.2 Å². The third-order valence-electron chi connectivity index (χ3n) is 3.35.